The van der Waals surface area contributed by atoms with Gasteiger partial charge in [-0.05, 0) is 24.5 Å². The fraction of sp³-hybridized carbons (Fsp3) is 0.571. The van der Waals surface area contributed by atoms with Crippen molar-refractivity contribution in [2.45, 2.75) is 32.2 Å². The molecule has 0 aliphatic heterocycles. The Bertz CT molecular complexity index is 467. The first-order chi connectivity index (χ1) is 9.08. The summed E-state index contributed by atoms with van der Waals surface area (Å²) in [5, 5.41) is 12.0. The number of amides is 1. The zero-order valence-electron chi connectivity index (χ0n) is 11.1. The molecule has 0 radical (unpaired) electrons. The minimum atomic E-state index is -0.848. The predicted octanol–water partition coefficient (Wildman–Crippen LogP) is 1.53. The summed E-state index contributed by atoms with van der Waals surface area (Å²) >= 11 is 0. The van der Waals surface area contributed by atoms with Gasteiger partial charge in [0.25, 0.3) is 0 Å². The summed E-state index contributed by atoms with van der Waals surface area (Å²) in [6.45, 7) is 0.461. The van der Waals surface area contributed by atoms with E-state index in [1.807, 2.05) is 30.1 Å². The lowest BCUT2D eigenvalue weighted by atomic mass is 9.78. The number of carbonyl (C=O) groups excluding carboxylic acids is 1. The minimum Gasteiger partial charge on any atom is -0.481 e. The fourth-order valence-electron chi connectivity index (χ4n) is 2.73. The Hall–Kier alpha value is -1.78. The molecule has 1 aliphatic carbocycles. The fourth-order valence-corrected chi connectivity index (χ4v) is 2.73. The molecule has 1 fully saturated rings. The van der Waals surface area contributed by atoms with E-state index in [9.17, 15) is 9.59 Å². The van der Waals surface area contributed by atoms with Crippen LogP contribution in [0.25, 0.3) is 0 Å². The van der Waals surface area contributed by atoms with Gasteiger partial charge in [0.05, 0.1) is 11.8 Å². The van der Waals surface area contributed by atoms with Crippen LogP contribution in [-0.4, -0.2) is 21.6 Å². The molecule has 104 valence electrons. The number of aryl methyl sites for hydroxylation is 1. The van der Waals surface area contributed by atoms with Gasteiger partial charge >= 0.3 is 5.97 Å². The molecule has 2 N–H and O–H groups in total. The summed E-state index contributed by atoms with van der Waals surface area (Å²) in [6, 6.07) is 1.94. The van der Waals surface area contributed by atoms with Crippen LogP contribution in [0.1, 0.15) is 31.2 Å². The van der Waals surface area contributed by atoms with Crippen LogP contribution < -0.4 is 5.32 Å². The molecule has 1 aliphatic rings. The van der Waals surface area contributed by atoms with Crippen LogP contribution in [0.15, 0.2) is 18.5 Å². The second-order valence-electron chi connectivity index (χ2n) is 5.24. The Kier molecular flexibility index (Phi) is 4.24. The normalized spacial score (nSPS) is 23.0. The van der Waals surface area contributed by atoms with E-state index in [2.05, 4.69) is 5.32 Å². The van der Waals surface area contributed by atoms with Crippen molar-refractivity contribution in [3.63, 3.8) is 0 Å². The van der Waals surface area contributed by atoms with Gasteiger partial charge < -0.3 is 15.0 Å². The number of carboxylic acid groups (broad SMARTS) is 1. The smallest absolute Gasteiger partial charge is 0.307 e. The van der Waals surface area contributed by atoms with E-state index in [4.69, 9.17) is 5.11 Å². The lowest BCUT2D eigenvalue weighted by molar-refractivity contribution is -0.148. The maximum Gasteiger partial charge on any atom is 0.307 e. The lowest BCUT2D eigenvalue weighted by Gasteiger charge is -2.27. The average molecular weight is 264 g/mol. The van der Waals surface area contributed by atoms with Crippen LogP contribution in [0.4, 0.5) is 0 Å². The van der Waals surface area contributed by atoms with E-state index in [-0.39, 0.29) is 11.8 Å². The number of carbonyl (C=O) groups is 2. The number of hydrogen-bond donors (Lipinski definition) is 2. The summed E-state index contributed by atoms with van der Waals surface area (Å²) < 4.78 is 1.92. The number of aromatic nitrogens is 1. The Morgan fingerprint density at radius 3 is 2.63 bits per heavy atom. The second kappa shape index (κ2) is 5.91. The zero-order valence-corrected chi connectivity index (χ0v) is 11.1. The molecule has 0 saturated heterocycles. The van der Waals surface area contributed by atoms with Gasteiger partial charge in [-0.2, -0.15) is 0 Å². The summed E-state index contributed by atoms with van der Waals surface area (Å²) in [6.07, 6.45) is 6.99. The Morgan fingerprint density at radius 2 is 2.05 bits per heavy atom. The van der Waals surface area contributed by atoms with E-state index in [1.54, 1.807) is 0 Å². The number of nitrogens with one attached hydrogen (secondary N) is 1. The van der Waals surface area contributed by atoms with Crippen LogP contribution in [0.3, 0.4) is 0 Å². The van der Waals surface area contributed by atoms with Crippen LogP contribution >= 0.6 is 0 Å². The first-order valence-electron chi connectivity index (χ1n) is 6.69. The molecule has 0 spiro atoms. The quantitative estimate of drug-likeness (QED) is 0.866. The average Bonchev–Trinajstić information content (AvgIpc) is 2.81. The predicted molar refractivity (Wildman–Crippen MR) is 70.3 cm³/mol. The minimum absolute atomic E-state index is 0.129. The molecule has 5 heteroatoms. The molecule has 1 amide bonds. The molecule has 0 bridgehead atoms. The van der Waals surface area contributed by atoms with Gasteiger partial charge in [-0.3, -0.25) is 9.59 Å². The SMILES string of the molecule is Cn1ccc(CNC(=O)C2CCCCC2C(=O)O)c1. The maximum absolute atomic E-state index is 12.1. The van der Waals surface area contributed by atoms with Crippen molar-refractivity contribution in [2.24, 2.45) is 18.9 Å². The molecule has 19 heavy (non-hydrogen) atoms. The molecule has 1 aromatic heterocycles. The van der Waals surface area contributed by atoms with Crippen molar-refractivity contribution in [1.82, 2.24) is 9.88 Å². The highest BCUT2D eigenvalue weighted by atomic mass is 16.4. The summed E-state index contributed by atoms with van der Waals surface area (Å²) in [4.78, 5) is 23.3. The van der Waals surface area contributed by atoms with Crippen molar-refractivity contribution >= 4 is 11.9 Å². The highest BCUT2D eigenvalue weighted by molar-refractivity contribution is 5.84. The van der Waals surface area contributed by atoms with Crippen LogP contribution in [0.5, 0.6) is 0 Å². The Morgan fingerprint density at radius 1 is 1.37 bits per heavy atom. The third-order valence-electron chi connectivity index (χ3n) is 3.78. The molecule has 0 aromatic carbocycles. The molecule has 1 saturated carbocycles. The van der Waals surface area contributed by atoms with Crippen molar-refractivity contribution in [1.29, 1.82) is 0 Å². The van der Waals surface area contributed by atoms with Crippen molar-refractivity contribution in [3.8, 4) is 0 Å². The van der Waals surface area contributed by atoms with Gasteiger partial charge in [0.2, 0.25) is 5.91 Å². The van der Waals surface area contributed by atoms with E-state index in [0.29, 0.717) is 19.4 Å². The van der Waals surface area contributed by atoms with Crippen LogP contribution in [-0.2, 0) is 23.2 Å². The number of nitrogens with zero attached hydrogens (tertiary/aromatic N) is 1. The zero-order chi connectivity index (χ0) is 13.8. The molecule has 5 nitrogen and oxygen atoms in total. The largest absolute Gasteiger partial charge is 0.481 e. The summed E-state index contributed by atoms with van der Waals surface area (Å²) in [7, 11) is 1.92. The van der Waals surface area contributed by atoms with Gasteiger partial charge in [-0.15, -0.1) is 0 Å². The van der Waals surface area contributed by atoms with Gasteiger partial charge in [0, 0.05) is 26.0 Å². The van der Waals surface area contributed by atoms with Gasteiger partial charge in [0.15, 0.2) is 0 Å². The molecular formula is C14H20N2O3. The van der Waals surface area contributed by atoms with Crippen molar-refractivity contribution < 1.29 is 14.7 Å². The summed E-state index contributed by atoms with van der Waals surface area (Å²) in [5.74, 6) is -1.88. The first kappa shape index (κ1) is 13.6. The Labute approximate surface area is 112 Å². The lowest BCUT2D eigenvalue weighted by Crippen LogP contribution is -2.39. The highest BCUT2D eigenvalue weighted by Crippen LogP contribution is 2.30. The summed E-state index contributed by atoms with van der Waals surface area (Å²) in [5.41, 5.74) is 1.03. The number of carboxylic acids is 1. The van der Waals surface area contributed by atoms with Crippen LogP contribution in [0.2, 0.25) is 0 Å². The molecule has 2 unspecified atom stereocenters. The number of aliphatic carboxylic acids is 1. The Balaban J connectivity index is 1.92. The van der Waals surface area contributed by atoms with Gasteiger partial charge in [-0.1, -0.05) is 12.8 Å². The number of hydrogen-bond acceptors (Lipinski definition) is 2. The van der Waals surface area contributed by atoms with Crippen molar-refractivity contribution in [2.75, 3.05) is 0 Å². The van der Waals surface area contributed by atoms with E-state index >= 15 is 0 Å². The monoisotopic (exact) mass is 264 g/mol. The van der Waals surface area contributed by atoms with Crippen molar-refractivity contribution in [3.05, 3.63) is 24.0 Å². The third-order valence-corrected chi connectivity index (χ3v) is 3.78. The standard InChI is InChI=1S/C14H20N2O3/c1-16-7-6-10(9-16)8-15-13(17)11-4-2-3-5-12(11)14(18)19/h6-7,9,11-12H,2-5,8H2,1H3,(H,15,17)(H,18,19). The third kappa shape index (κ3) is 3.36. The molecule has 2 atom stereocenters. The highest BCUT2D eigenvalue weighted by Gasteiger charge is 2.35. The van der Waals surface area contributed by atoms with Gasteiger partial charge in [0.1, 0.15) is 0 Å². The number of rotatable bonds is 4. The second-order valence-corrected chi connectivity index (χ2v) is 5.24. The molecule has 1 heterocycles. The molecule has 1 aromatic rings. The first-order valence-corrected chi connectivity index (χ1v) is 6.69. The molecular weight excluding hydrogens is 244 g/mol. The van der Waals surface area contributed by atoms with E-state index in [1.165, 1.54) is 0 Å². The van der Waals surface area contributed by atoms with Gasteiger partial charge in [-0.25, -0.2) is 0 Å². The molecule has 2 rings (SSSR count). The van der Waals surface area contributed by atoms with Crippen LogP contribution in [0, 0.1) is 11.8 Å². The maximum atomic E-state index is 12.1. The topological polar surface area (TPSA) is 71.3 Å². The van der Waals surface area contributed by atoms with E-state index < -0.39 is 11.9 Å². The van der Waals surface area contributed by atoms with E-state index in [0.717, 1.165) is 18.4 Å².